The number of nitrogens with zero attached hydrogens (tertiary/aromatic N) is 1. The van der Waals surface area contributed by atoms with Crippen molar-refractivity contribution in [2.75, 3.05) is 0 Å². The van der Waals surface area contributed by atoms with E-state index in [1.165, 1.54) is 18.0 Å². The first-order valence-electron chi connectivity index (χ1n) is 6.83. The molecule has 4 rings (SSSR count). The predicted molar refractivity (Wildman–Crippen MR) is 84.7 cm³/mol. The van der Waals surface area contributed by atoms with Crippen LogP contribution in [0.15, 0.2) is 57.8 Å². The summed E-state index contributed by atoms with van der Waals surface area (Å²) in [5, 5.41) is 0. The summed E-state index contributed by atoms with van der Waals surface area (Å²) in [6, 6.07) is 5.41. The fourth-order valence-electron chi connectivity index (χ4n) is 2.82. The van der Waals surface area contributed by atoms with Crippen molar-refractivity contribution in [3.63, 3.8) is 0 Å². The number of fused-ring (bicyclic) bond motifs is 2. The van der Waals surface area contributed by atoms with Gasteiger partial charge < -0.3 is 5.73 Å². The highest BCUT2D eigenvalue weighted by Crippen LogP contribution is 2.39. The highest BCUT2D eigenvalue weighted by molar-refractivity contribution is 7.97. The van der Waals surface area contributed by atoms with Crippen molar-refractivity contribution in [2.24, 2.45) is 10.7 Å². The molecule has 0 radical (unpaired) electrons. The maximum Gasteiger partial charge on any atom is 0.240 e. The average molecular weight is 313 g/mol. The monoisotopic (exact) mass is 313 g/mol. The van der Waals surface area contributed by atoms with Crippen molar-refractivity contribution in [1.29, 1.82) is 0 Å². The molecule has 0 aromatic heterocycles. The molecule has 2 aliphatic heterocycles. The molecule has 1 amide bonds. The molecule has 0 saturated carbocycles. The van der Waals surface area contributed by atoms with Crippen LogP contribution in [0.25, 0.3) is 5.57 Å². The summed E-state index contributed by atoms with van der Waals surface area (Å²) < 4.78 is 16.3. The summed E-state index contributed by atoms with van der Waals surface area (Å²) in [7, 11) is 0. The maximum absolute atomic E-state index is 13.3. The molecule has 1 aromatic carbocycles. The number of benzene rings is 1. The Hall–Kier alpha value is -2.18. The molecule has 1 atom stereocenters. The molecule has 2 heterocycles. The van der Waals surface area contributed by atoms with Gasteiger partial charge in [-0.15, -0.1) is 0 Å². The Morgan fingerprint density at radius 3 is 3.05 bits per heavy atom. The van der Waals surface area contributed by atoms with E-state index in [-0.39, 0.29) is 12.2 Å². The number of hydrogen-bond donors (Lipinski definition) is 2. The van der Waals surface area contributed by atoms with Gasteiger partial charge in [0.15, 0.2) is 0 Å². The quantitative estimate of drug-likeness (QED) is 0.825. The van der Waals surface area contributed by atoms with Crippen molar-refractivity contribution in [1.82, 2.24) is 4.72 Å². The van der Waals surface area contributed by atoms with Gasteiger partial charge in [0.2, 0.25) is 5.91 Å². The Labute approximate surface area is 130 Å². The second-order valence-electron chi connectivity index (χ2n) is 5.30. The standard InChI is InChI=1S/C16H12FN3OS/c17-9-2-3-10-12(7-19-13(10)6-9)8-1-4-14-11(5-8)15(16(18)21)20-22-14/h1-5,7,15,20H,6H2,(H2,18,21). The highest BCUT2D eigenvalue weighted by atomic mass is 32.2. The molecular formula is C16H12FN3OS. The van der Waals surface area contributed by atoms with Gasteiger partial charge in [0.05, 0.1) is 5.71 Å². The lowest BCUT2D eigenvalue weighted by Gasteiger charge is -2.13. The molecule has 0 saturated heterocycles. The summed E-state index contributed by atoms with van der Waals surface area (Å²) >= 11 is 1.41. The molecule has 110 valence electrons. The van der Waals surface area contributed by atoms with E-state index in [4.69, 9.17) is 5.73 Å². The number of aliphatic imine (C=N–C) groups is 1. The molecule has 22 heavy (non-hydrogen) atoms. The van der Waals surface area contributed by atoms with Crippen LogP contribution in [0, 0.1) is 0 Å². The Morgan fingerprint density at radius 2 is 2.23 bits per heavy atom. The predicted octanol–water partition coefficient (Wildman–Crippen LogP) is 2.80. The number of amides is 1. The first kappa shape index (κ1) is 13.5. The van der Waals surface area contributed by atoms with Gasteiger partial charge in [-0.3, -0.25) is 9.79 Å². The van der Waals surface area contributed by atoms with E-state index in [1.54, 1.807) is 12.3 Å². The topological polar surface area (TPSA) is 67.5 Å². The van der Waals surface area contributed by atoms with Gasteiger partial charge in [0.1, 0.15) is 11.9 Å². The average Bonchev–Trinajstić information content (AvgIpc) is 3.09. The van der Waals surface area contributed by atoms with Gasteiger partial charge in [-0.25, -0.2) is 9.11 Å². The van der Waals surface area contributed by atoms with Crippen molar-refractivity contribution in [3.8, 4) is 0 Å². The van der Waals surface area contributed by atoms with Crippen LogP contribution in [0.4, 0.5) is 4.39 Å². The van der Waals surface area contributed by atoms with E-state index in [0.717, 1.165) is 32.9 Å². The number of halogens is 1. The first-order chi connectivity index (χ1) is 10.6. The molecule has 6 heteroatoms. The van der Waals surface area contributed by atoms with E-state index >= 15 is 0 Å². The third kappa shape index (κ3) is 2.03. The first-order valence-corrected chi connectivity index (χ1v) is 7.65. The van der Waals surface area contributed by atoms with E-state index in [9.17, 15) is 9.18 Å². The number of carbonyl (C=O) groups is 1. The van der Waals surface area contributed by atoms with Crippen LogP contribution in [-0.2, 0) is 4.79 Å². The zero-order chi connectivity index (χ0) is 15.3. The number of hydrogen-bond acceptors (Lipinski definition) is 4. The molecule has 0 spiro atoms. The molecule has 0 fully saturated rings. The fourth-order valence-corrected chi connectivity index (χ4v) is 3.74. The Bertz CT molecular complexity index is 823. The van der Waals surface area contributed by atoms with Crippen LogP contribution in [0.1, 0.15) is 23.6 Å². The van der Waals surface area contributed by atoms with E-state index in [0.29, 0.717) is 0 Å². The smallest absolute Gasteiger partial charge is 0.240 e. The van der Waals surface area contributed by atoms with Crippen LogP contribution in [-0.4, -0.2) is 11.6 Å². The minimum Gasteiger partial charge on any atom is -0.368 e. The number of carbonyl (C=O) groups excluding carboxylic acids is 1. The zero-order valence-corrected chi connectivity index (χ0v) is 12.3. The molecule has 3 aliphatic rings. The minimum absolute atomic E-state index is 0.180. The van der Waals surface area contributed by atoms with Gasteiger partial charge in [-0.05, 0) is 47.4 Å². The summed E-state index contributed by atoms with van der Waals surface area (Å²) in [5.41, 5.74) is 9.89. The van der Waals surface area contributed by atoms with Crippen molar-refractivity contribution in [3.05, 3.63) is 59.1 Å². The number of rotatable bonds is 2. The number of primary amides is 1. The second kappa shape index (κ2) is 4.93. The lowest BCUT2D eigenvalue weighted by atomic mass is 9.91. The SMILES string of the molecule is NC(=O)C1NSc2ccc(C3=CN=C4CC(F)=CC=C34)cc21. The summed E-state index contributed by atoms with van der Waals surface area (Å²) in [6.45, 7) is 0. The lowest BCUT2D eigenvalue weighted by Crippen LogP contribution is -2.26. The summed E-state index contributed by atoms with van der Waals surface area (Å²) in [5.74, 6) is -0.580. The van der Waals surface area contributed by atoms with E-state index in [1.807, 2.05) is 18.2 Å². The second-order valence-corrected chi connectivity index (χ2v) is 6.18. The third-order valence-electron chi connectivity index (χ3n) is 3.92. The van der Waals surface area contributed by atoms with Crippen LogP contribution in [0.3, 0.4) is 0 Å². The van der Waals surface area contributed by atoms with E-state index < -0.39 is 11.9 Å². The molecule has 1 unspecified atom stereocenters. The Balaban J connectivity index is 1.74. The Morgan fingerprint density at radius 1 is 1.36 bits per heavy atom. The number of allylic oxidation sites excluding steroid dienone is 5. The van der Waals surface area contributed by atoms with Crippen LogP contribution < -0.4 is 10.5 Å². The van der Waals surface area contributed by atoms with Crippen molar-refractivity contribution < 1.29 is 9.18 Å². The number of nitrogens with one attached hydrogen (secondary N) is 1. The minimum atomic E-state index is -0.486. The third-order valence-corrected chi connectivity index (χ3v) is 4.87. The largest absolute Gasteiger partial charge is 0.368 e. The van der Waals surface area contributed by atoms with E-state index in [2.05, 4.69) is 9.71 Å². The molecule has 4 nitrogen and oxygen atoms in total. The summed E-state index contributed by atoms with van der Waals surface area (Å²) in [4.78, 5) is 16.8. The van der Waals surface area contributed by atoms with Crippen LogP contribution >= 0.6 is 11.9 Å². The van der Waals surface area contributed by atoms with Crippen molar-refractivity contribution in [2.45, 2.75) is 17.4 Å². The van der Waals surface area contributed by atoms with Crippen molar-refractivity contribution >= 4 is 29.1 Å². The van der Waals surface area contributed by atoms with Crippen LogP contribution in [0.2, 0.25) is 0 Å². The normalized spacial score (nSPS) is 22.3. The summed E-state index contributed by atoms with van der Waals surface area (Å²) in [6.07, 6.45) is 5.22. The van der Waals surface area contributed by atoms with Gasteiger partial charge in [0.25, 0.3) is 0 Å². The Kier molecular flexibility index (Phi) is 3.02. The molecule has 1 aromatic rings. The van der Waals surface area contributed by atoms with Gasteiger partial charge >= 0.3 is 0 Å². The molecule has 3 N–H and O–H groups in total. The number of nitrogens with two attached hydrogens (primary N) is 1. The molecule has 1 aliphatic carbocycles. The lowest BCUT2D eigenvalue weighted by molar-refractivity contribution is -0.119. The zero-order valence-electron chi connectivity index (χ0n) is 11.5. The molecule has 0 bridgehead atoms. The van der Waals surface area contributed by atoms with Gasteiger partial charge in [-0.1, -0.05) is 6.07 Å². The fraction of sp³-hybridized carbons (Fsp3) is 0.125. The van der Waals surface area contributed by atoms with Crippen LogP contribution in [0.5, 0.6) is 0 Å². The maximum atomic E-state index is 13.3. The van der Waals surface area contributed by atoms with Gasteiger partial charge in [0, 0.05) is 28.7 Å². The molecular weight excluding hydrogens is 301 g/mol. The van der Waals surface area contributed by atoms with Gasteiger partial charge in [-0.2, -0.15) is 0 Å². The highest BCUT2D eigenvalue weighted by Gasteiger charge is 2.29.